The van der Waals surface area contributed by atoms with E-state index in [1.807, 2.05) is 13.8 Å². The van der Waals surface area contributed by atoms with Crippen LogP contribution < -0.4 is 5.32 Å². The summed E-state index contributed by atoms with van der Waals surface area (Å²) in [6, 6.07) is 3.43. The Morgan fingerprint density at radius 1 is 1.39 bits per heavy atom. The molecule has 0 aliphatic rings. The molecule has 0 bridgehead atoms. The van der Waals surface area contributed by atoms with Crippen LogP contribution >= 0.6 is 11.3 Å². The lowest BCUT2D eigenvalue weighted by molar-refractivity contribution is -0.118. The molecule has 4 nitrogen and oxygen atoms in total. The molecule has 1 atom stereocenters. The summed E-state index contributed by atoms with van der Waals surface area (Å²) in [6.07, 6.45) is 1.11. The zero-order valence-electron chi connectivity index (χ0n) is 12.8. The van der Waals surface area contributed by atoms with Crippen LogP contribution in [0.5, 0.6) is 0 Å². The minimum absolute atomic E-state index is 0.000823. The summed E-state index contributed by atoms with van der Waals surface area (Å²) in [5, 5.41) is 12.7. The van der Waals surface area contributed by atoms with Crippen molar-refractivity contribution in [3.63, 3.8) is 0 Å². The van der Waals surface area contributed by atoms with Crippen LogP contribution in [-0.4, -0.2) is 22.1 Å². The second-order valence-corrected chi connectivity index (χ2v) is 6.72. The Kier molecular flexibility index (Phi) is 5.79. The highest BCUT2D eigenvalue weighted by Gasteiger charge is 2.15. The van der Waals surface area contributed by atoms with Crippen LogP contribution in [0.4, 0.5) is 13.9 Å². The Bertz CT molecular complexity index is 688. The van der Waals surface area contributed by atoms with E-state index in [0.29, 0.717) is 10.7 Å². The topological polar surface area (TPSA) is 62.2 Å². The van der Waals surface area contributed by atoms with Gasteiger partial charge in [0.15, 0.2) is 5.13 Å². The van der Waals surface area contributed by atoms with Crippen molar-refractivity contribution < 1.29 is 18.7 Å². The summed E-state index contributed by atoms with van der Waals surface area (Å²) in [5.41, 5.74) is 0.364. The molecular formula is C16H18F2N2O2S. The SMILES string of the molecule is CC(C)C(O)CC(=O)Nc1ncc(Cc2ccc(F)cc2F)s1. The number of benzene rings is 1. The van der Waals surface area contributed by atoms with Crippen molar-refractivity contribution in [1.29, 1.82) is 0 Å². The normalized spacial score (nSPS) is 12.4. The number of thiazole rings is 1. The summed E-state index contributed by atoms with van der Waals surface area (Å²) >= 11 is 1.22. The fourth-order valence-electron chi connectivity index (χ4n) is 1.90. The van der Waals surface area contributed by atoms with Crippen molar-refractivity contribution in [3.8, 4) is 0 Å². The first-order valence-electron chi connectivity index (χ1n) is 7.21. The van der Waals surface area contributed by atoms with Crippen molar-refractivity contribution in [2.75, 3.05) is 5.32 Å². The van der Waals surface area contributed by atoms with Crippen molar-refractivity contribution in [2.45, 2.75) is 32.8 Å². The van der Waals surface area contributed by atoms with Crippen LogP contribution in [0.3, 0.4) is 0 Å². The molecule has 0 saturated heterocycles. The van der Waals surface area contributed by atoms with Gasteiger partial charge in [-0.3, -0.25) is 4.79 Å². The molecule has 1 aromatic carbocycles. The standard InChI is InChI=1S/C16H18F2N2O2S/c1-9(2)14(21)7-15(22)20-16-19-8-12(23-16)5-10-3-4-11(17)6-13(10)18/h3-4,6,8-9,14,21H,5,7H2,1-2H3,(H,19,20,22). The molecule has 124 valence electrons. The lowest BCUT2D eigenvalue weighted by Crippen LogP contribution is -2.23. The van der Waals surface area contributed by atoms with Crippen LogP contribution in [0.15, 0.2) is 24.4 Å². The lowest BCUT2D eigenvalue weighted by atomic mass is 10.0. The van der Waals surface area contributed by atoms with E-state index in [1.165, 1.54) is 23.5 Å². The third-order valence-electron chi connectivity index (χ3n) is 3.34. The number of hydrogen-bond donors (Lipinski definition) is 2. The molecule has 0 fully saturated rings. The quantitative estimate of drug-likeness (QED) is 0.848. The second-order valence-electron chi connectivity index (χ2n) is 5.61. The minimum Gasteiger partial charge on any atom is -0.392 e. The number of amides is 1. The zero-order chi connectivity index (χ0) is 17.0. The van der Waals surface area contributed by atoms with Gasteiger partial charge >= 0.3 is 0 Å². The first-order chi connectivity index (χ1) is 10.8. The Hall–Kier alpha value is -1.86. The van der Waals surface area contributed by atoms with Gasteiger partial charge in [0, 0.05) is 23.6 Å². The van der Waals surface area contributed by atoms with Crippen molar-refractivity contribution in [3.05, 3.63) is 46.5 Å². The Morgan fingerprint density at radius 3 is 2.78 bits per heavy atom. The van der Waals surface area contributed by atoms with Gasteiger partial charge < -0.3 is 10.4 Å². The van der Waals surface area contributed by atoms with Gasteiger partial charge in [-0.1, -0.05) is 19.9 Å². The highest BCUT2D eigenvalue weighted by Crippen LogP contribution is 2.23. The Balaban J connectivity index is 1.96. The summed E-state index contributed by atoms with van der Waals surface area (Å²) in [4.78, 5) is 16.6. The fraction of sp³-hybridized carbons (Fsp3) is 0.375. The molecule has 0 aliphatic carbocycles. The van der Waals surface area contributed by atoms with Gasteiger partial charge in [-0.05, 0) is 17.5 Å². The number of nitrogens with zero attached hydrogens (tertiary/aromatic N) is 1. The zero-order valence-corrected chi connectivity index (χ0v) is 13.7. The molecule has 0 aliphatic heterocycles. The van der Waals surface area contributed by atoms with Gasteiger partial charge in [0.25, 0.3) is 0 Å². The molecule has 1 amide bonds. The molecule has 2 N–H and O–H groups in total. The highest BCUT2D eigenvalue weighted by atomic mass is 32.1. The van der Waals surface area contributed by atoms with Crippen LogP contribution in [0.25, 0.3) is 0 Å². The predicted octanol–water partition coefficient (Wildman–Crippen LogP) is 3.36. The van der Waals surface area contributed by atoms with Crippen molar-refractivity contribution in [1.82, 2.24) is 4.98 Å². The summed E-state index contributed by atoms with van der Waals surface area (Å²) in [5.74, 6) is -1.55. The molecule has 2 aromatic rings. The van der Waals surface area contributed by atoms with Gasteiger partial charge in [-0.2, -0.15) is 0 Å². The first-order valence-corrected chi connectivity index (χ1v) is 8.03. The first kappa shape index (κ1) is 17.5. The van der Waals surface area contributed by atoms with Crippen LogP contribution in [-0.2, 0) is 11.2 Å². The Morgan fingerprint density at radius 2 is 2.13 bits per heavy atom. The maximum atomic E-state index is 13.6. The van der Waals surface area contributed by atoms with E-state index in [2.05, 4.69) is 10.3 Å². The van der Waals surface area contributed by atoms with Crippen molar-refractivity contribution >= 4 is 22.4 Å². The fourth-order valence-corrected chi connectivity index (χ4v) is 2.75. The number of carbonyl (C=O) groups excluding carboxylic acids is 1. The average Bonchev–Trinajstić information content (AvgIpc) is 2.88. The maximum Gasteiger partial charge on any atom is 0.228 e. The van der Waals surface area contributed by atoms with E-state index < -0.39 is 17.7 Å². The summed E-state index contributed by atoms with van der Waals surface area (Å²) < 4.78 is 26.5. The van der Waals surface area contributed by atoms with Gasteiger partial charge in [0.05, 0.1) is 12.5 Å². The number of carbonyl (C=O) groups is 1. The smallest absolute Gasteiger partial charge is 0.228 e. The molecular weight excluding hydrogens is 322 g/mol. The Labute approximate surface area is 137 Å². The number of hydrogen-bond acceptors (Lipinski definition) is 4. The van der Waals surface area contributed by atoms with Gasteiger partial charge in [-0.15, -0.1) is 11.3 Å². The molecule has 7 heteroatoms. The largest absolute Gasteiger partial charge is 0.392 e. The molecule has 0 spiro atoms. The molecule has 2 rings (SSSR count). The van der Waals surface area contributed by atoms with E-state index in [4.69, 9.17) is 0 Å². The highest BCUT2D eigenvalue weighted by molar-refractivity contribution is 7.15. The molecule has 0 saturated carbocycles. The molecule has 1 aromatic heterocycles. The number of nitrogens with one attached hydrogen (secondary N) is 1. The van der Waals surface area contributed by atoms with Crippen LogP contribution in [0, 0.1) is 17.6 Å². The predicted molar refractivity (Wildman–Crippen MR) is 85.4 cm³/mol. The van der Waals surface area contributed by atoms with E-state index >= 15 is 0 Å². The number of anilines is 1. The van der Waals surface area contributed by atoms with Gasteiger partial charge in [-0.25, -0.2) is 13.8 Å². The average molecular weight is 340 g/mol. The van der Waals surface area contributed by atoms with Gasteiger partial charge in [0.1, 0.15) is 11.6 Å². The third kappa shape index (κ3) is 5.07. The third-order valence-corrected chi connectivity index (χ3v) is 4.26. The van der Waals surface area contributed by atoms with E-state index in [1.54, 1.807) is 6.20 Å². The van der Waals surface area contributed by atoms with E-state index in [0.717, 1.165) is 10.9 Å². The molecule has 0 radical (unpaired) electrons. The minimum atomic E-state index is -0.706. The maximum absolute atomic E-state index is 13.6. The van der Waals surface area contributed by atoms with E-state index in [9.17, 15) is 18.7 Å². The summed E-state index contributed by atoms with van der Waals surface area (Å²) in [6.45, 7) is 3.66. The monoisotopic (exact) mass is 340 g/mol. The number of aromatic nitrogens is 1. The number of halogens is 2. The number of aliphatic hydroxyl groups excluding tert-OH is 1. The molecule has 1 heterocycles. The van der Waals surface area contributed by atoms with Crippen LogP contribution in [0.2, 0.25) is 0 Å². The second kappa shape index (κ2) is 7.61. The lowest BCUT2D eigenvalue weighted by Gasteiger charge is -2.12. The van der Waals surface area contributed by atoms with Crippen LogP contribution in [0.1, 0.15) is 30.7 Å². The van der Waals surface area contributed by atoms with E-state index in [-0.39, 0.29) is 24.7 Å². The molecule has 23 heavy (non-hydrogen) atoms. The summed E-state index contributed by atoms with van der Waals surface area (Å²) in [7, 11) is 0. The molecule has 1 unspecified atom stereocenters. The number of rotatable bonds is 6. The number of aliphatic hydroxyl groups is 1. The van der Waals surface area contributed by atoms with Gasteiger partial charge in [0.2, 0.25) is 5.91 Å². The van der Waals surface area contributed by atoms with Crippen molar-refractivity contribution in [2.24, 2.45) is 5.92 Å².